The van der Waals surface area contributed by atoms with Crippen molar-refractivity contribution in [2.75, 3.05) is 19.8 Å². The minimum absolute atomic E-state index is 0.00117. The van der Waals surface area contributed by atoms with E-state index in [0.717, 1.165) is 10.6 Å². The van der Waals surface area contributed by atoms with Gasteiger partial charge in [0.1, 0.15) is 12.2 Å². The number of hydrogen-bond donors (Lipinski definition) is 0. The first-order chi connectivity index (χ1) is 17.1. The SMILES string of the molecule is CCOC(=O)c1cn(C2CC(N3CCOC3=O)C2)c(=O)n(C2CCc3c2cccc3C(F)(F)F)c1=O. The lowest BCUT2D eigenvalue weighted by Crippen LogP contribution is -2.51. The summed E-state index contributed by atoms with van der Waals surface area (Å²) in [6.45, 7) is 2.31. The van der Waals surface area contributed by atoms with Crippen LogP contribution in [0.25, 0.3) is 0 Å². The Morgan fingerprint density at radius 2 is 1.92 bits per heavy atom. The molecule has 0 radical (unpaired) electrons. The third-order valence-corrected chi connectivity index (χ3v) is 7.21. The van der Waals surface area contributed by atoms with Crippen LogP contribution in [-0.4, -0.2) is 51.9 Å². The molecule has 0 spiro atoms. The Bertz CT molecular complexity index is 1340. The van der Waals surface area contributed by atoms with E-state index < -0.39 is 47.1 Å². The summed E-state index contributed by atoms with van der Waals surface area (Å²) in [5, 5.41) is 0. The third-order valence-electron chi connectivity index (χ3n) is 7.21. The Hall–Kier alpha value is -3.57. The zero-order valence-corrected chi connectivity index (χ0v) is 19.4. The summed E-state index contributed by atoms with van der Waals surface area (Å²) in [5.74, 6) is -0.911. The van der Waals surface area contributed by atoms with E-state index in [0.29, 0.717) is 26.0 Å². The van der Waals surface area contributed by atoms with Crippen molar-refractivity contribution in [1.82, 2.24) is 14.0 Å². The molecule has 1 saturated carbocycles. The zero-order valence-electron chi connectivity index (χ0n) is 19.4. The monoisotopic (exact) mass is 507 g/mol. The van der Waals surface area contributed by atoms with Gasteiger partial charge in [0.2, 0.25) is 0 Å². The van der Waals surface area contributed by atoms with Gasteiger partial charge in [0.05, 0.1) is 24.8 Å². The van der Waals surface area contributed by atoms with Gasteiger partial charge in [0.15, 0.2) is 0 Å². The van der Waals surface area contributed by atoms with Crippen LogP contribution in [0.1, 0.15) is 65.3 Å². The Kier molecular flexibility index (Phi) is 5.92. The molecule has 2 aromatic rings. The number of alkyl halides is 3. The van der Waals surface area contributed by atoms with Crippen LogP contribution >= 0.6 is 0 Å². The molecule has 1 aliphatic heterocycles. The molecule has 5 rings (SSSR count). The number of aromatic nitrogens is 2. The number of fused-ring (bicyclic) bond motifs is 1. The van der Waals surface area contributed by atoms with E-state index in [1.165, 1.54) is 22.9 Å². The maximum absolute atomic E-state index is 13.6. The number of cyclic esters (lactones) is 1. The summed E-state index contributed by atoms with van der Waals surface area (Å²) in [6.07, 6.45) is -2.86. The minimum atomic E-state index is -4.57. The van der Waals surface area contributed by atoms with Crippen LogP contribution in [0.4, 0.5) is 18.0 Å². The molecule has 2 aliphatic carbocycles. The molecule has 12 heteroatoms. The van der Waals surface area contributed by atoms with Crippen LogP contribution in [0.3, 0.4) is 0 Å². The number of rotatable bonds is 5. The Labute approximate surface area is 203 Å². The van der Waals surface area contributed by atoms with Crippen molar-refractivity contribution in [2.24, 2.45) is 0 Å². The van der Waals surface area contributed by atoms with Crippen LogP contribution in [0.15, 0.2) is 34.0 Å². The number of carbonyl (C=O) groups is 2. The normalized spacial score (nSPS) is 23.3. The maximum atomic E-state index is 13.6. The minimum Gasteiger partial charge on any atom is -0.462 e. The number of halogens is 3. The predicted octanol–water partition coefficient (Wildman–Crippen LogP) is 2.90. The number of benzene rings is 1. The summed E-state index contributed by atoms with van der Waals surface area (Å²) in [7, 11) is 0. The highest BCUT2D eigenvalue weighted by atomic mass is 19.4. The molecule has 192 valence electrons. The first-order valence-electron chi connectivity index (χ1n) is 11.8. The molecule has 36 heavy (non-hydrogen) atoms. The van der Waals surface area contributed by atoms with Gasteiger partial charge in [-0.05, 0) is 49.8 Å². The second-order valence-corrected chi connectivity index (χ2v) is 9.14. The van der Waals surface area contributed by atoms with E-state index in [1.54, 1.807) is 11.8 Å². The van der Waals surface area contributed by atoms with Gasteiger partial charge in [0, 0.05) is 18.3 Å². The van der Waals surface area contributed by atoms with Crippen molar-refractivity contribution in [1.29, 1.82) is 0 Å². The molecule has 1 aromatic carbocycles. The zero-order chi connectivity index (χ0) is 25.8. The molecule has 3 aliphatic rings. The van der Waals surface area contributed by atoms with Crippen LogP contribution in [0.5, 0.6) is 0 Å². The van der Waals surface area contributed by atoms with Gasteiger partial charge in [-0.15, -0.1) is 0 Å². The number of amides is 1. The Morgan fingerprint density at radius 3 is 2.56 bits per heavy atom. The van der Waals surface area contributed by atoms with Crippen molar-refractivity contribution in [3.63, 3.8) is 0 Å². The van der Waals surface area contributed by atoms with Gasteiger partial charge < -0.3 is 14.4 Å². The first-order valence-corrected chi connectivity index (χ1v) is 11.8. The fourth-order valence-electron chi connectivity index (χ4n) is 5.42. The molecule has 1 saturated heterocycles. The second-order valence-electron chi connectivity index (χ2n) is 9.14. The van der Waals surface area contributed by atoms with Crippen molar-refractivity contribution in [2.45, 2.75) is 56.9 Å². The number of carbonyl (C=O) groups excluding carboxylic acids is 2. The van der Waals surface area contributed by atoms with Crippen LogP contribution in [0.2, 0.25) is 0 Å². The van der Waals surface area contributed by atoms with E-state index in [9.17, 15) is 32.3 Å². The molecule has 0 N–H and O–H groups in total. The van der Waals surface area contributed by atoms with E-state index in [4.69, 9.17) is 9.47 Å². The molecule has 1 amide bonds. The number of hydrogen-bond acceptors (Lipinski definition) is 6. The third kappa shape index (κ3) is 3.88. The molecule has 0 bridgehead atoms. The molecule has 2 heterocycles. The van der Waals surface area contributed by atoms with Gasteiger partial charge in [-0.25, -0.2) is 14.4 Å². The lowest BCUT2D eigenvalue weighted by molar-refractivity contribution is -0.138. The summed E-state index contributed by atoms with van der Waals surface area (Å²) in [4.78, 5) is 53.0. The van der Waals surface area contributed by atoms with Crippen LogP contribution in [0, 0.1) is 0 Å². The molecular formula is C24H24F3N3O6. The van der Waals surface area contributed by atoms with E-state index >= 15 is 0 Å². The average Bonchev–Trinajstić information content (AvgIpc) is 3.40. The summed E-state index contributed by atoms with van der Waals surface area (Å²) in [5.41, 5.74) is -2.48. The lowest BCUT2D eigenvalue weighted by atomic mass is 9.85. The average molecular weight is 507 g/mol. The van der Waals surface area contributed by atoms with Crippen LogP contribution < -0.4 is 11.2 Å². The van der Waals surface area contributed by atoms with Gasteiger partial charge >= 0.3 is 23.9 Å². The van der Waals surface area contributed by atoms with E-state index in [1.807, 2.05) is 0 Å². The van der Waals surface area contributed by atoms with Crippen molar-refractivity contribution in [3.05, 3.63) is 67.5 Å². The fourth-order valence-corrected chi connectivity index (χ4v) is 5.42. The second kappa shape index (κ2) is 8.82. The van der Waals surface area contributed by atoms with Crippen molar-refractivity contribution in [3.8, 4) is 0 Å². The topological polar surface area (TPSA) is 99.8 Å². The highest BCUT2D eigenvalue weighted by molar-refractivity contribution is 5.88. The Morgan fingerprint density at radius 1 is 1.17 bits per heavy atom. The first kappa shape index (κ1) is 24.1. The standard InChI is InChI=1S/C24H24F3N3O6/c1-2-35-21(32)17-12-29(14-10-13(11-14)28-8-9-36-23(28)34)22(33)30(20(17)31)19-7-6-15-16(19)4-3-5-18(15)24(25,26)27/h3-5,12-14,19H,2,6-11H2,1H3. The Balaban J connectivity index is 1.57. The van der Waals surface area contributed by atoms with Gasteiger partial charge in [-0.1, -0.05) is 12.1 Å². The van der Waals surface area contributed by atoms with Gasteiger partial charge in [-0.3, -0.25) is 13.9 Å². The molecule has 1 atom stereocenters. The van der Waals surface area contributed by atoms with Crippen molar-refractivity contribution >= 4 is 12.1 Å². The van der Waals surface area contributed by atoms with Gasteiger partial charge in [-0.2, -0.15) is 13.2 Å². The molecular weight excluding hydrogens is 483 g/mol. The molecule has 1 unspecified atom stereocenters. The lowest BCUT2D eigenvalue weighted by Gasteiger charge is -2.40. The summed E-state index contributed by atoms with van der Waals surface area (Å²) >= 11 is 0. The summed E-state index contributed by atoms with van der Waals surface area (Å²) in [6, 6.07) is 2.21. The number of nitrogens with zero attached hydrogens (tertiary/aromatic N) is 3. The van der Waals surface area contributed by atoms with E-state index in [2.05, 4.69) is 0 Å². The quantitative estimate of drug-likeness (QED) is 0.577. The highest BCUT2D eigenvalue weighted by Crippen LogP contribution is 2.41. The number of ether oxygens (including phenoxy) is 2. The largest absolute Gasteiger partial charge is 0.462 e. The van der Waals surface area contributed by atoms with Gasteiger partial charge in [0.25, 0.3) is 5.56 Å². The fraction of sp³-hybridized carbons (Fsp3) is 0.500. The number of esters is 1. The summed E-state index contributed by atoms with van der Waals surface area (Å²) < 4.78 is 52.8. The molecule has 1 aromatic heterocycles. The smallest absolute Gasteiger partial charge is 0.416 e. The highest BCUT2D eigenvalue weighted by Gasteiger charge is 2.42. The van der Waals surface area contributed by atoms with Crippen molar-refractivity contribution < 1.29 is 32.2 Å². The predicted molar refractivity (Wildman–Crippen MR) is 119 cm³/mol. The van der Waals surface area contributed by atoms with E-state index in [-0.39, 0.29) is 42.2 Å². The molecule has 2 fully saturated rings. The molecule has 9 nitrogen and oxygen atoms in total. The van der Waals surface area contributed by atoms with Crippen LogP contribution in [-0.2, 0) is 22.1 Å². The maximum Gasteiger partial charge on any atom is 0.416 e.